The van der Waals surface area contributed by atoms with Gasteiger partial charge >= 0.3 is 0 Å². The molecule has 0 radical (unpaired) electrons. The molecular weight excluding hydrogens is 248 g/mol. The first-order chi connectivity index (χ1) is 9.72. The summed E-state index contributed by atoms with van der Waals surface area (Å²) in [5.74, 6) is 0.621. The minimum absolute atomic E-state index is 0.276. The van der Waals surface area contributed by atoms with E-state index in [4.69, 9.17) is 5.11 Å². The minimum Gasteiger partial charge on any atom is -0.396 e. The number of rotatable bonds is 6. The van der Waals surface area contributed by atoms with Gasteiger partial charge in [0.25, 0.3) is 0 Å². The number of piperidine rings is 1. The third-order valence-electron chi connectivity index (χ3n) is 4.29. The Kier molecular flexibility index (Phi) is 6.02. The molecule has 2 rings (SSSR count). The summed E-state index contributed by atoms with van der Waals surface area (Å²) in [6.45, 7) is 8.98. The van der Waals surface area contributed by atoms with Crippen molar-refractivity contribution in [3.8, 4) is 0 Å². The molecular formula is C17H28N2O. The van der Waals surface area contributed by atoms with Crippen LogP contribution in [-0.4, -0.2) is 48.8 Å². The van der Waals surface area contributed by atoms with Crippen molar-refractivity contribution >= 4 is 0 Å². The fourth-order valence-electron chi connectivity index (χ4n) is 3.06. The van der Waals surface area contributed by atoms with E-state index in [1.54, 1.807) is 0 Å². The molecule has 0 bridgehead atoms. The topological polar surface area (TPSA) is 35.5 Å². The van der Waals surface area contributed by atoms with Crippen LogP contribution in [0.3, 0.4) is 0 Å². The van der Waals surface area contributed by atoms with E-state index >= 15 is 0 Å². The maximum absolute atomic E-state index is 8.90. The molecule has 112 valence electrons. The summed E-state index contributed by atoms with van der Waals surface area (Å²) in [4.78, 5) is 2.53. The van der Waals surface area contributed by atoms with Gasteiger partial charge in [-0.2, -0.15) is 0 Å². The molecule has 3 heteroatoms. The van der Waals surface area contributed by atoms with Gasteiger partial charge in [0.05, 0.1) is 0 Å². The van der Waals surface area contributed by atoms with Gasteiger partial charge in [-0.1, -0.05) is 36.8 Å². The van der Waals surface area contributed by atoms with Gasteiger partial charge in [0.2, 0.25) is 0 Å². The predicted molar refractivity (Wildman–Crippen MR) is 84.1 cm³/mol. The van der Waals surface area contributed by atoms with Crippen molar-refractivity contribution in [1.82, 2.24) is 10.2 Å². The van der Waals surface area contributed by atoms with Gasteiger partial charge in [-0.05, 0) is 44.3 Å². The molecule has 1 aliphatic rings. The lowest BCUT2D eigenvalue weighted by atomic mass is 9.87. The van der Waals surface area contributed by atoms with Gasteiger partial charge in [-0.3, -0.25) is 0 Å². The molecule has 0 spiro atoms. The number of hydrogen-bond donors (Lipinski definition) is 2. The molecule has 0 aromatic heterocycles. The van der Waals surface area contributed by atoms with E-state index in [0.717, 1.165) is 32.6 Å². The summed E-state index contributed by atoms with van der Waals surface area (Å²) in [5, 5.41) is 12.5. The Hall–Kier alpha value is -0.900. The van der Waals surface area contributed by atoms with E-state index in [9.17, 15) is 0 Å². The highest BCUT2D eigenvalue weighted by molar-refractivity contribution is 5.25. The minimum atomic E-state index is 0.276. The molecule has 2 N–H and O–H groups in total. The van der Waals surface area contributed by atoms with Crippen molar-refractivity contribution in [3.63, 3.8) is 0 Å². The van der Waals surface area contributed by atoms with Crippen LogP contribution in [0.4, 0.5) is 0 Å². The zero-order valence-corrected chi connectivity index (χ0v) is 12.8. The second-order valence-electron chi connectivity index (χ2n) is 5.92. The van der Waals surface area contributed by atoms with E-state index in [1.807, 2.05) is 0 Å². The third-order valence-corrected chi connectivity index (χ3v) is 4.29. The summed E-state index contributed by atoms with van der Waals surface area (Å²) < 4.78 is 0. The van der Waals surface area contributed by atoms with Crippen LogP contribution in [-0.2, 0) is 0 Å². The van der Waals surface area contributed by atoms with Gasteiger partial charge in [0, 0.05) is 25.7 Å². The fraction of sp³-hybridized carbons (Fsp3) is 0.647. The van der Waals surface area contributed by atoms with Crippen molar-refractivity contribution in [3.05, 3.63) is 35.4 Å². The number of likely N-dealkylation sites (N-methyl/N-ethyl adjacent to an activating group) is 1. The molecule has 2 atom stereocenters. The molecule has 1 heterocycles. The zero-order valence-electron chi connectivity index (χ0n) is 12.8. The van der Waals surface area contributed by atoms with Crippen molar-refractivity contribution in [1.29, 1.82) is 0 Å². The number of nitrogens with zero attached hydrogens (tertiary/aromatic N) is 1. The fourth-order valence-corrected chi connectivity index (χ4v) is 3.06. The summed E-state index contributed by atoms with van der Waals surface area (Å²) in [7, 11) is 0. The average molecular weight is 276 g/mol. The number of likely N-dealkylation sites (tertiary alicyclic amines) is 1. The molecule has 0 aliphatic carbocycles. The van der Waals surface area contributed by atoms with Crippen LogP contribution in [0.2, 0.25) is 0 Å². The molecule has 2 unspecified atom stereocenters. The Labute approximate surface area is 123 Å². The number of benzene rings is 1. The van der Waals surface area contributed by atoms with Crippen molar-refractivity contribution < 1.29 is 5.11 Å². The molecule has 1 aromatic rings. The molecule has 20 heavy (non-hydrogen) atoms. The second-order valence-corrected chi connectivity index (χ2v) is 5.92. The highest BCUT2D eigenvalue weighted by Crippen LogP contribution is 2.27. The number of hydrogen-bond acceptors (Lipinski definition) is 3. The Balaban J connectivity index is 1.98. The molecule has 1 fully saturated rings. The molecule has 0 amide bonds. The molecule has 0 saturated carbocycles. The van der Waals surface area contributed by atoms with E-state index in [0.29, 0.717) is 12.0 Å². The van der Waals surface area contributed by atoms with Gasteiger partial charge in [0.15, 0.2) is 0 Å². The number of aliphatic hydroxyl groups is 1. The van der Waals surface area contributed by atoms with Gasteiger partial charge in [-0.15, -0.1) is 0 Å². The molecule has 1 saturated heterocycles. The first-order valence-electron chi connectivity index (χ1n) is 7.86. The highest BCUT2D eigenvalue weighted by Gasteiger charge is 2.26. The largest absolute Gasteiger partial charge is 0.396 e. The monoisotopic (exact) mass is 276 g/mol. The van der Waals surface area contributed by atoms with Crippen LogP contribution in [0.5, 0.6) is 0 Å². The predicted octanol–water partition coefficient (Wildman–Crippen LogP) is 2.14. The second kappa shape index (κ2) is 7.77. The van der Waals surface area contributed by atoms with E-state index < -0.39 is 0 Å². The summed E-state index contributed by atoms with van der Waals surface area (Å²) in [6.07, 6.45) is 2.04. The smallest absolute Gasteiger partial charge is 0.0443 e. The highest BCUT2D eigenvalue weighted by atomic mass is 16.3. The van der Waals surface area contributed by atoms with Crippen LogP contribution in [0.25, 0.3) is 0 Å². The Morgan fingerprint density at radius 1 is 1.25 bits per heavy atom. The summed E-state index contributed by atoms with van der Waals surface area (Å²) in [6, 6.07) is 9.54. The van der Waals surface area contributed by atoms with Gasteiger partial charge < -0.3 is 15.3 Å². The van der Waals surface area contributed by atoms with E-state index in [-0.39, 0.29) is 6.61 Å². The van der Waals surface area contributed by atoms with Gasteiger partial charge in [-0.25, -0.2) is 0 Å². The number of nitrogens with one attached hydrogen (secondary N) is 1. The lowest BCUT2D eigenvalue weighted by Gasteiger charge is -2.38. The summed E-state index contributed by atoms with van der Waals surface area (Å²) in [5.41, 5.74) is 2.79. The van der Waals surface area contributed by atoms with E-state index in [1.165, 1.54) is 17.5 Å². The van der Waals surface area contributed by atoms with Crippen molar-refractivity contribution in [2.24, 2.45) is 0 Å². The first kappa shape index (κ1) is 15.5. The lowest BCUT2D eigenvalue weighted by Crippen LogP contribution is -2.48. The van der Waals surface area contributed by atoms with Crippen molar-refractivity contribution in [2.45, 2.75) is 38.6 Å². The Morgan fingerprint density at radius 2 is 2.00 bits per heavy atom. The molecule has 1 aliphatic heterocycles. The lowest BCUT2D eigenvalue weighted by molar-refractivity contribution is 0.176. The molecule has 3 nitrogen and oxygen atoms in total. The zero-order chi connectivity index (χ0) is 14.4. The van der Waals surface area contributed by atoms with Crippen LogP contribution < -0.4 is 5.32 Å². The SMILES string of the molecule is CCN1CC(NCCCO)CC(c2ccc(C)cc2)C1. The Morgan fingerprint density at radius 3 is 2.65 bits per heavy atom. The number of aryl methyl sites for hydroxylation is 1. The average Bonchev–Trinajstić information content (AvgIpc) is 2.48. The van der Waals surface area contributed by atoms with Crippen LogP contribution >= 0.6 is 0 Å². The third kappa shape index (κ3) is 4.30. The van der Waals surface area contributed by atoms with Crippen LogP contribution in [0, 0.1) is 6.92 Å². The normalized spacial score (nSPS) is 23.9. The Bertz CT molecular complexity index is 390. The van der Waals surface area contributed by atoms with Crippen LogP contribution in [0.15, 0.2) is 24.3 Å². The number of aliphatic hydroxyl groups excluding tert-OH is 1. The maximum Gasteiger partial charge on any atom is 0.0443 e. The standard InChI is InChI=1S/C17H28N2O/c1-3-19-12-16(15-7-5-14(2)6-8-15)11-17(13-19)18-9-4-10-20/h5-8,16-18,20H,3-4,9-13H2,1-2H3. The summed E-state index contributed by atoms with van der Waals surface area (Å²) >= 11 is 0. The maximum atomic E-state index is 8.90. The molecule has 1 aromatic carbocycles. The quantitative estimate of drug-likeness (QED) is 0.782. The van der Waals surface area contributed by atoms with E-state index in [2.05, 4.69) is 48.3 Å². The van der Waals surface area contributed by atoms with Crippen molar-refractivity contribution in [2.75, 3.05) is 32.8 Å². The van der Waals surface area contributed by atoms with Gasteiger partial charge in [0.1, 0.15) is 0 Å². The van der Waals surface area contributed by atoms with Crippen LogP contribution in [0.1, 0.15) is 36.8 Å². The first-order valence-corrected chi connectivity index (χ1v) is 7.86.